The zero-order valence-corrected chi connectivity index (χ0v) is 10.6. The molecule has 0 saturated carbocycles. The Hall–Kier alpha value is -1.94. The van der Waals surface area contributed by atoms with Gasteiger partial charge in [0.1, 0.15) is 11.0 Å². The van der Waals surface area contributed by atoms with Crippen molar-refractivity contribution in [1.29, 1.82) is 0 Å². The fourth-order valence-corrected chi connectivity index (χ4v) is 2.01. The Morgan fingerprint density at radius 3 is 2.60 bits per heavy atom. The van der Waals surface area contributed by atoms with Crippen LogP contribution >= 0.6 is 0 Å². The highest BCUT2D eigenvalue weighted by atomic mass is 16.3. The van der Waals surface area contributed by atoms with Crippen molar-refractivity contribution in [3.63, 3.8) is 0 Å². The SMILES string of the molecule is Nc1nc2c([C@H](CO)NC(CO)CO)c[nH]c2c(=O)[nH]1. The Morgan fingerprint density at radius 1 is 1.30 bits per heavy atom. The second-order valence-electron chi connectivity index (χ2n) is 4.38. The number of aliphatic hydroxyl groups is 3. The minimum Gasteiger partial charge on any atom is -0.395 e. The maximum absolute atomic E-state index is 11.7. The van der Waals surface area contributed by atoms with Gasteiger partial charge in [-0.2, -0.15) is 0 Å². The highest BCUT2D eigenvalue weighted by Crippen LogP contribution is 2.21. The molecule has 0 amide bonds. The first kappa shape index (κ1) is 14.5. The molecule has 0 aliphatic heterocycles. The van der Waals surface area contributed by atoms with Crippen LogP contribution in [0.4, 0.5) is 5.95 Å². The Labute approximate surface area is 113 Å². The van der Waals surface area contributed by atoms with Crippen LogP contribution in [0, 0.1) is 0 Å². The van der Waals surface area contributed by atoms with E-state index >= 15 is 0 Å². The van der Waals surface area contributed by atoms with Crippen molar-refractivity contribution < 1.29 is 15.3 Å². The highest BCUT2D eigenvalue weighted by Gasteiger charge is 2.20. The number of nitrogens with zero attached hydrogens (tertiary/aromatic N) is 1. The van der Waals surface area contributed by atoms with E-state index in [2.05, 4.69) is 20.3 Å². The van der Waals surface area contributed by atoms with Gasteiger partial charge in [-0.1, -0.05) is 0 Å². The fourth-order valence-electron chi connectivity index (χ4n) is 2.01. The van der Waals surface area contributed by atoms with Gasteiger partial charge in [-0.3, -0.25) is 9.78 Å². The second-order valence-corrected chi connectivity index (χ2v) is 4.38. The number of rotatable bonds is 6. The first-order chi connectivity index (χ1) is 9.60. The number of nitrogens with two attached hydrogens (primary N) is 1. The molecular formula is C11H17N5O4. The lowest BCUT2D eigenvalue weighted by Gasteiger charge is -2.21. The van der Waals surface area contributed by atoms with Crippen LogP contribution in [0.5, 0.6) is 0 Å². The van der Waals surface area contributed by atoms with Crippen LogP contribution < -0.4 is 16.6 Å². The summed E-state index contributed by atoms with van der Waals surface area (Å²) in [4.78, 5) is 20.9. The third-order valence-corrected chi connectivity index (χ3v) is 3.02. The van der Waals surface area contributed by atoms with Crippen molar-refractivity contribution in [3.8, 4) is 0 Å². The number of aromatic amines is 2. The summed E-state index contributed by atoms with van der Waals surface area (Å²) >= 11 is 0. The minimum absolute atomic E-state index is 0.0269. The van der Waals surface area contributed by atoms with E-state index < -0.39 is 17.6 Å². The number of hydrogen-bond acceptors (Lipinski definition) is 7. The largest absolute Gasteiger partial charge is 0.395 e. The van der Waals surface area contributed by atoms with Gasteiger partial charge in [0.2, 0.25) is 5.95 Å². The van der Waals surface area contributed by atoms with Crippen molar-refractivity contribution in [1.82, 2.24) is 20.3 Å². The molecule has 0 aromatic carbocycles. The molecule has 2 aromatic heterocycles. The predicted octanol–water partition coefficient (Wildman–Crippen LogP) is -2.19. The van der Waals surface area contributed by atoms with Crippen molar-refractivity contribution in [2.24, 2.45) is 0 Å². The van der Waals surface area contributed by atoms with E-state index in [9.17, 15) is 9.90 Å². The molecule has 0 saturated heterocycles. The zero-order chi connectivity index (χ0) is 14.7. The van der Waals surface area contributed by atoms with Crippen molar-refractivity contribution >= 4 is 17.0 Å². The summed E-state index contributed by atoms with van der Waals surface area (Å²) in [6.07, 6.45) is 1.53. The van der Waals surface area contributed by atoms with Gasteiger partial charge in [0.05, 0.1) is 31.9 Å². The quantitative estimate of drug-likeness (QED) is 0.317. The molecule has 0 fully saturated rings. The molecule has 0 aliphatic rings. The van der Waals surface area contributed by atoms with Gasteiger partial charge >= 0.3 is 0 Å². The Balaban J connectivity index is 2.42. The van der Waals surface area contributed by atoms with E-state index in [-0.39, 0.29) is 31.3 Å². The molecule has 1 atom stereocenters. The van der Waals surface area contributed by atoms with Gasteiger partial charge in [0.25, 0.3) is 5.56 Å². The summed E-state index contributed by atoms with van der Waals surface area (Å²) in [7, 11) is 0. The van der Waals surface area contributed by atoms with E-state index in [0.29, 0.717) is 11.1 Å². The molecule has 2 aromatic rings. The number of H-pyrrole nitrogens is 2. The number of nitrogen functional groups attached to an aromatic ring is 1. The lowest BCUT2D eigenvalue weighted by Crippen LogP contribution is -2.39. The number of fused-ring (bicyclic) bond motifs is 1. The van der Waals surface area contributed by atoms with Gasteiger partial charge in [0.15, 0.2) is 0 Å². The molecule has 9 heteroatoms. The van der Waals surface area contributed by atoms with E-state index in [4.69, 9.17) is 15.9 Å². The first-order valence-electron chi connectivity index (χ1n) is 6.06. The molecule has 110 valence electrons. The molecule has 0 aliphatic carbocycles. The van der Waals surface area contributed by atoms with E-state index in [1.807, 2.05) is 0 Å². The van der Waals surface area contributed by atoms with Gasteiger partial charge in [-0.05, 0) is 0 Å². The van der Waals surface area contributed by atoms with Gasteiger partial charge in [0, 0.05) is 11.8 Å². The van der Waals surface area contributed by atoms with Gasteiger partial charge in [-0.15, -0.1) is 0 Å². The number of aromatic nitrogens is 3. The maximum Gasteiger partial charge on any atom is 0.276 e. The number of hydrogen-bond donors (Lipinski definition) is 7. The summed E-state index contributed by atoms with van der Waals surface area (Å²) in [5.74, 6) is -0.0269. The third-order valence-electron chi connectivity index (χ3n) is 3.02. The van der Waals surface area contributed by atoms with E-state index in [0.717, 1.165) is 0 Å². The van der Waals surface area contributed by atoms with Crippen LogP contribution in [-0.2, 0) is 0 Å². The summed E-state index contributed by atoms with van der Waals surface area (Å²) in [6, 6.07) is -1.18. The molecule has 2 heterocycles. The molecule has 9 nitrogen and oxygen atoms in total. The van der Waals surface area contributed by atoms with E-state index in [1.165, 1.54) is 6.20 Å². The molecule has 0 bridgehead atoms. The van der Waals surface area contributed by atoms with Crippen LogP contribution in [0.1, 0.15) is 11.6 Å². The minimum atomic E-state index is -0.596. The second kappa shape index (κ2) is 6.01. The average Bonchev–Trinajstić information content (AvgIpc) is 2.84. The summed E-state index contributed by atoms with van der Waals surface area (Å²) in [5, 5.41) is 30.5. The first-order valence-corrected chi connectivity index (χ1v) is 6.06. The van der Waals surface area contributed by atoms with Crippen LogP contribution in [0.2, 0.25) is 0 Å². The Kier molecular flexibility index (Phi) is 4.35. The molecular weight excluding hydrogens is 266 g/mol. The van der Waals surface area contributed by atoms with Crippen molar-refractivity contribution in [2.45, 2.75) is 12.1 Å². The van der Waals surface area contributed by atoms with Gasteiger partial charge < -0.3 is 31.4 Å². The Morgan fingerprint density at radius 2 is 2.00 bits per heavy atom. The summed E-state index contributed by atoms with van der Waals surface area (Å²) in [5.41, 5.74) is 6.22. The summed E-state index contributed by atoms with van der Waals surface area (Å²) < 4.78 is 0. The van der Waals surface area contributed by atoms with Crippen molar-refractivity contribution in [3.05, 3.63) is 22.1 Å². The van der Waals surface area contributed by atoms with E-state index in [1.54, 1.807) is 0 Å². The monoisotopic (exact) mass is 283 g/mol. The molecule has 0 radical (unpaired) electrons. The Bertz CT molecular complexity index is 633. The maximum atomic E-state index is 11.7. The summed E-state index contributed by atoms with van der Waals surface area (Å²) in [6.45, 7) is -0.866. The highest BCUT2D eigenvalue weighted by molar-refractivity contribution is 5.79. The van der Waals surface area contributed by atoms with Crippen molar-refractivity contribution in [2.75, 3.05) is 25.6 Å². The zero-order valence-electron chi connectivity index (χ0n) is 10.6. The lowest BCUT2D eigenvalue weighted by molar-refractivity contribution is 0.145. The topological polar surface area (TPSA) is 160 Å². The normalized spacial score (nSPS) is 13.2. The number of aliphatic hydroxyl groups excluding tert-OH is 3. The smallest absolute Gasteiger partial charge is 0.276 e. The van der Waals surface area contributed by atoms with Crippen LogP contribution in [0.25, 0.3) is 11.0 Å². The predicted molar refractivity (Wildman–Crippen MR) is 72.0 cm³/mol. The van der Waals surface area contributed by atoms with Crippen LogP contribution in [0.15, 0.2) is 11.0 Å². The molecule has 20 heavy (non-hydrogen) atoms. The molecule has 8 N–H and O–H groups in total. The molecule has 0 unspecified atom stereocenters. The molecule has 2 rings (SSSR count). The fraction of sp³-hybridized carbons (Fsp3) is 0.455. The lowest BCUT2D eigenvalue weighted by atomic mass is 10.1. The third kappa shape index (κ3) is 2.65. The van der Waals surface area contributed by atoms with Crippen LogP contribution in [-0.4, -0.2) is 56.1 Å². The number of nitrogens with one attached hydrogen (secondary N) is 3. The molecule has 0 spiro atoms. The standard InChI is InChI=1S/C11H17N5O4/c12-11-15-8-6(1-13-9(8)10(20)16-11)7(4-19)14-5(2-17)3-18/h1,5,7,13-14,17-19H,2-4H2,(H3,12,15,16,20)/t7-/m0/s1. The van der Waals surface area contributed by atoms with Crippen LogP contribution in [0.3, 0.4) is 0 Å². The number of anilines is 1. The average molecular weight is 283 g/mol. The van der Waals surface area contributed by atoms with Gasteiger partial charge in [-0.25, -0.2) is 4.98 Å².